The summed E-state index contributed by atoms with van der Waals surface area (Å²) in [5.41, 5.74) is 2.68. The van der Waals surface area contributed by atoms with E-state index in [-0.39, 0.29) is 24.0 Å². The average molecular weight is 508 g/mol. The molecule has 2 unspecified atom stereocenters. The van der Waals surface area contributed by atoms with Crippen molar-refractivity contribution in [3.8, 4) is 0 Å². The lowest BCUT2D eigenvalue weighted by Crippen LogP contribution is -2.40. The summed E-state index contributed by atoms with van der Waals surface area (Å²) in [4.78, 5) is 9.93. The van der Waals surface area contributed by atoms with Gasteiger partial charge in [0, 0.05) is 64.1 Å². The molecule has 3 heterocycles. The number of nitrogens with one attached hydrogen (secondary N) is 1. The van der Waals surface area contributed by atoms with Crippen molar-refractivity contribution in [1.82, 2.24) is 20.0 Å². The minimum absolute atomic E-state index is 0. The molecule has 1 aromatic carbocycles. The van der Waals surface area contributed by atoms with E-state index in [2.05, 4.69) is 63.7 Å². The van der Waals surface area contributed by atoms with Gasteiger partial charge in [0.15, 0.2) is 5.96 Å². The fourth-order valence-corrected chi connectivity index (χ4v) is 4.37. The molecular weight excluding hydrogens is 475 g/mol. The first-order valence-corrected chi connectivity index (χ1v) is 10.5. The summed E-state index contributed by atoms with van der Waals surface area (Å²) in [6, 6.07) is 10.7. The maximum atomic E-state index is 5.02. The van der Waals surface area contributed by atoms with Gasteiger partial charge in [-0.1, -0.05) is 18.2 Å². The van der Waals surface area contributed by atoms with Gasteiger partial charge in [-0.15, -0.1) is 24.0 Å². The van der Waals surface area contributed by atoms with Crippen LogP contribution in [-0.2, 0) is 7.05 Å². The highest BCUT2D eigenvalue weighted by Gasteiger charge is 2.28. The van der Waals surface area contributed by atoms with E-state index in [1.807, 2.05) is 17.9 Å². The molecule has 0 bridgehead atoms. The number of nitrogens with zero attached hydrogens (tertiary/aromatic N) is 5. The molecule has 7 heteroatoms. The molecule has 2 aliphatic heterocycles. The van der Waals surface area contributed by atoms with E-state index in [1.165, 1.54) is 24.1 Å². The average Bonchev–Trinajstić information content (AvgIpc) is 3.46. The lowest BCUT2D eigenvalue weighted by molar-refractivity contribution is 0.480. The van der Waals surface area contributed by atoms with E-state index in [0.29, 0.717) is 11.8 Å². The van der Waals surface area contributed by atoms with Crippen molar-refractivity contribution >= 4 is 35.6 Å². The number of guanidine groups is 1. The van der Waals surface area contributed by atoms with Crippen LogP contribution in [0.4, 0.5) is 5.69 Å². The number of halogens is 1. The van der Waals surface area contributed by atoms with Crippen molar-refractivity contribution in [1.29, 1.82) is 0 Å². The maximum Gasteiger partial charge on any atom is 0.193 e. The Morgan fingerprint density at radius 1 is 1.17 bits per heavy atom. The molecule has 4 rings (SSSR count). The summed E-state index contributed by atoms with van der Waals surface area (Å²) in [6.45, 7) is 8.29. The summed E-state index contributed by atoms with van der Waals surface area (Å²) >= 11 is 0. The van der Waals surface area contributed by atoms with Crippen molar-refractivity contribution in [2.75, 3.05) is 44.2 Å². The maximum absolute atomic E-state index is 5.02. The summed E-state index contributed by atoms with van der Waals surface area (Å²) in [7, 11) is 1.99. The molecule has 29 heavy (non-hydrogen) atoms. The first-order chi connectivity index (χ1) is 13.7. The third kappa shape index (κ3) is 5.43. The van der Waals surface area contributed by atoms with E-state index in [9.17, 15) is 0 Å². The predicted molar refractivity (Wildman–Crippen MR) is 130 cm³/mol. The number of anilines is 1. The van der Waals surface area contributed by atoms with Crippen molar-refractivity contribution < 1.29 is 0 Å². The Morgan fingerprint density at radius 3 is 2.72 bits per heavy atom. The Morgan fingerprint density at radius 2 is 2.00 bits per heavy atom. The molecule has 1 aromatic heterocycles. The SMILES string of the molecule is CCNC(=NCC1CCN(c2ccccc2)C1)N1CCC(c2cnn(C)c2)C1.I. The highest BCUT2D eigenvalue weighted by atomic mass is 127. The second kappa shape index (κ2) is 10.3. The second-order valence-corrected chi connectivity index (χ2v) is 8.01. The molecule has 0 amide bonds. The van der Waals surface area contributed by atoms with Gasteiger partial charge in [-0.05, 0) is 43.4 Å². The summed E-state index contributed by atoms with van der Waals surface area (Å²) in [6.07, 6.45) is 6.54. The predicted octanol–water partition coefficient (Wildman–Crippen LogP) is 3.32. The van der Waals surface area contributed by atoms with Gasteiger partial charge >= 0.3 is 0 Å². The van der Waals surface area contributed by atoms with Crippen molar-refractivity contribution in [3.05, 3.63) is 48.3 Å². The van der Waals surface area contributed by atoms with Crippen LogP contribution in [0.1, 0.15) is 31.2 Å². The Bertz CT molecular complexity index is 790. The topological polar surface area (TPSA) is 48.7 Å². The van der Waals surface area contributed by atoms with Crippen LogP contribution in [0.3, 0.4) is 0 Å². The van der Waals surface area contributed by atoms with Gasteiger partial charge in [0.2, 0.25) is 0 Å². The van der Waals surface area contributed by atoms with Gasteiger partial charge in [-0.3, -0.25) is 9.67 Å². The molecule has 2 aliphatic rings. The number of para-hydroxylation sites is 1. The van der Waals surface area contributed by atoms with Crippen LogP contribution < -0.4 is 10.2 Å². The Kier molecular flexibility index (Phi) is 7.80. The molecule has 2 fully saturated rings. The van der Waals surface area contributed by atoms with Gasteiger partial charge < -0.3 is 15.1 Å². The molecule has 0 spiro atoms. The number of aliphatic imine (C=N–C) groups is 1. The minimum atomic E-state index is 0. The fourth-order valence-electron chi connectivity index (χ4n) is 4.37. The van der Waals surface area contributed by atoms with Gasteiger partial charge in [0.05, 0.1) is 6.20 Å². The third-order valence-electron chi connectivity index (χ3n) is 5.93. The largest absolute Gasteiger partial charge is 0.371 e. The number of rotatable bonds is 5. The van der Waals surface area contributed by atoms with Gasteiger partial charge in [-0.2, -0.15) is 5.10 Å². The first-order valence-electron chi connectivity index (χ1n) is 10.5. The van der Waals surface area contributed by atoms with E-state index in [0.717, 1.165) is 45.2 Å². The number of hydrogen-bond donors (Lipinski definition) is 1. The molecule has 1 N–H and O–H groups in total. The lowest BCUT2D eigenvalue weighted by Gasteiger charge is -2.22. The quantitative estimate of drug-likeness (QED) is 0.383. The lowest BCUT2D eigenvalue weighted by atomic mass is 10.0. The van der Waals surface area contributed by atoms with Crippen molar-refractivity contribution in [3.63, 3.8) is 0 Å². The number of likely N-dealkylation sites (tertiary alicyclic amines) is 1. The summed E-state index contributed by atoms with van der Waals surface area (Å²) < 4.78 is 1.90. The molecule has 2 saturated heterocycles. The van der Waals surface area contributed by atoms with E-state index >= 15 is 0 Å². The number of hydrogen-bond acceptors (Lipinski definition) is 3. The van der Waals surface area contributed by atoms with Crippen molar-refractivity contribution in [2.24, 2.45) is 18.0 Å². The van der Waals surface area contributed by atoms with Gasteiger partial charge in [0.25, 0.3) is 0 Å². The molecule has 0 aliphatic carbocycles. The zero-order valence-electron chi connectivity index (χ0n) is 17.5. The van der Waals surface area contributed by atoms with E-state index in [4.69, 9.17) is 4.99 Å². The second-order valence-electron chi connectivity index (χ2n) is 8.01. The Hall–Kier alpha value is -1.77. The molecule has 0 radical (unpaired) electrons. The minimum Gasteiger partial charge on any atom is -0.371 e. The highest BCUT2D eigenvalue weighted by Crippen LogP contribution is 2.27. The van der Waals surface area contributed by atoms with Crippen LogP contribution in [0.5, 0.6) is 0 Å². The van der Waals surface area contributed by atoms with Crippen LogP contribution in [0.15, 0.2) is 47.7 Å². The molecule has 0 saturated carbocycles. The van der Waals surface area contributed by atoms with Crippen molar-refractivity contribution in [2.45, 2.75) is 25.7 Å². The summed E-state index contributed by atoms with van der Waals surface area (Å²) in [5, 5.41) is 7.85. The zero-order chi connectivity index (χ0) is 19.3. The Balaban J connectivity index is 0.00000240. The van der Waals surface area contributed by atoms with E-state index < -0.39 is 0 Å². The summed E-state index contributed by atoms with van der Waals surface area (Å²) in [5.74, 6) is 2.26. The monoisotopic (exact) mass is 508 g/mol. The first kappa shape index (κ1) is 21.9. The molecule has 6 nitrogen and oxygen atoms in total. The van der Waals surface area contributed by atoms with Gasteiger partial charge in [-0.25, -0.2) is 0 Å². The third-order valence-corrected chi connectivity index (χ3v) is 5.93. The van der Waals surface area contributed by atoms with Gasteiger partial charge in [0.1, 0.15) is 0 Å². The van der Waals surface area contributed by atoms with Crippen LogP contribution >= 0.6 is 24.0 Å². The normalized spacial score (nSPS) is 22.1. The molecule has 2 aromatic rings. The standard InChI is InChI=1S/C22H32N6.HI/c1-3-23-22(28-12-10-19(17-28)20-14-25-26(2)16-20)24-13-18-9-11-27(15-18)21-7-5-4-6-8-21;/h4-8,14,16,18-19H,3,9-13,15,17H2,1-2H3,(H,23,24);1H. The molecule has 158 valence electrons. The van der Waals surface area contributed by atoms with E-state index in [1.54, 1.807) is 0 Å². The fraction of sp³-hybridized carbons (Fsp3) is 0.545. The number of benzene rings is 1. The van der Waals surface area contributed by atoms with Crippen LogP contribution in [0.25, 0.3) is 0 Å². The van der Waals surface area contributed by atoms with Crippen LogP contribution in [0.2, 0.25) is 0 Å². The van der Waals surface area contributed by atoms with Crippen LogP contribution in [-0.4, -0.2) is 59.9 Å². The smallest absolute Gasteiger partial charge is 0.193 e. The molecule has 2 atom stereocenters. The number of aromatic nitrogens is 2. The molecular formula is C22H33IN6. The zero-order valence-corrected chi connectivity index (χ0v) is 19.8. The number of aryl methyl sites for hydroxylation is 1. The van der Waals surface area contributed by atoms with Crippen LogP contribution in [0, 0.1) is 5.92 Å². The Labute approximate surface area is 191 Å². The highest BCUT2D eigenvalue weighted by molar-refractivity contribution is 14.0.